The number of carbonyl (C=O) groups excluding carboxylic acids is 1. The molecule has 5 nitrogen and oxygen atoms in total. The predicted octanol–water partition coefficient (Wildman–Crippen LogP) is 1.70. The van der Waals surface area contributed by atoms with Crippen LogP contribution in [-0.2, 0) is 14.3 Å². The van der Waals surface area contributed by atoms with E-state index in [-0.39, 0.29) is 0 Å². The lowest BCUT2D eigenvalue weighted by atomic mass is 10.2. The van der Waals surface area contributed by atoms with Crippen molar-refractivity contribution in [2.24, 2.45) is 0 Å². The number of hydrogen-bond donors (Lipinski definition) is 0. The molecule has 108 valence electrons. The molecule has 0 bridgehead atoms. The van der Waals surface area contributed by atoms with Crippen molar-refractivity contribution in [1.29, 1.82) is 0 Å². The number of hydrogen-bond acceptors (Lipinski definition) is 5. The van der Waals surface area contributed by atoms with Gasteiger partial charge in [0.2, 0.25) is 0 Å². The zero-order valence-electron chi connectivity index (χ0n) is 11.2. The van der Waals surface area contributed by atoms with Crippen LogP contribution in [0.5, 0.6) is 11.5 Å². The quantitative estimate of drug-likeness (QED) is 0.609. The van der Waals surface area contributed by atoms with Gasteiger partial charge in [-0.2, -0.15) is 0 Å². The topological polar surface area (TPSA) is 54.0 Å². The maximum atomic E-state index is 10.3. The third kappa shape index (κ3) is 4.68. The fourth-order valence-corrected chi connectivity index (χ4v) is 1.75. The first-order chi connectivity index (χ1) is 9.90. The van der Waals surface area contributed by atoms with E-state index < -0.39 is 0 Å². The Morgan fingerprint density at radius 3 is 2.20 bits per heavy atom. The molecule has 0 radical (unpaired) electrons. The molecule has 0 amide bonds. The summed E-state index contributed by atoms with van der Waals surface area (Å²) < 4.78 is 22.0. The minimum absolute atomic E-state index is 0.442. The van der Waals surface area contributed by atoms with Gasteiger partial charge in [0.15, 0.2) is 11.5 Å². The third-order valence-corrected chi connectivity index (χ3v) is 2.68. The van der Waals surface area contributed by atoms with Crippen LogP contribution in [0, 0.1) is 0 Å². The summed E-state index contributed by atoms with van der Waals surface area (Å²) in [5.41, 5.74) is 0.878. The van der Waals surface area contributed by atoms with Gasteiger partial charge >= 0.3 is 0 Å². The minimum Gasteiger partial charge on any atom is -0.487 e. The SMILES string of the molecule is O=C/C=C/c1ccc2c(c1)OCCOCCOCCO2. The van der Waals surface area contributed by atoms with Gasteiger partial charge < -0.3 is 18.9 Å². The number of aldehydes is 1. The normalized spacial score (nSPS) is 17.2. The Morgan fingerprint density at radius 2 is 1.50 bits per heavy atom. The van der Waals surface area contributed by atoms with E-state index in [9.17, 15) is 4.79 Å². The molecule has 20 heavy (non-hydrogen) atoms. The van der Waals surface area contributed by atoms with E-state index in [0.717, 1.165) is 11.8 Å². The van der Waals surface area contributed by atoms with Crippen molar-refractivity contribution in [3.05, 3.63) is 29.8 Å². The lowest BCUT2D eigenvalue weighted by Crippen LogP contribution is -2.15. The number of ether oxygens (including phenoxy) is 4. The average molecular weight is 278 g/mol. The maximum Gasteiger partial charge on any atom is 0.161 e. The zero-order valence-corrected chi connectivity index (χ0v) is 11.2. The predicted molar refractivity (Wildman–Crippen MR) is 74.2 cm³/mol. The Hall–Kier alpha value is -1.85. The standard InChI is InChI=1S/C15H18O5/c16-5-1-2-13-3-4-14-15(12-13)20-11-9-18-7-6-17-8-10-19-14/h1-5,12H,6-11H2/b2-1+. The van der Waals surface area contributed by atoms with Crippen LogP contribution in [0.1, 0.15) is 5.56 Å². The highest BCUT2D eigenvalue weighted by Gasteiger charge is 2.07. The molecule has 0 aliphatic carbocycles. The monoisotopic (exact) mass is 278 g/mol. The Bertz CT molecular complexity index is 456. The summed E-state index contributed by atoms with van der Waals surface area (Å²) >= 11 is 0. The van der Waals surface area contributed by atoms with Crippen molar-refractivity contribution < 1.29 is 23.7 Å². The molecule has 0 unspecified atom stereocenters. The lowest BCUT2D eigenvalue weighted by molar-refractivity contribution is -0.104. The van der Waals surface area contributed by atoms with E-state index in [2.05, 4.69) is 0 Å². The molecule has 0 saturated heterocycles. The van der Waals surface area contributed by atoms with Crippen LogP contribution in [0.15, 0.2) is 24.3 Å². The van der Waals surface area contributed by atoms with Gasteiger partial charge in [0.1, 0.15) is 19.5 Å². The van der Waals surface area contributed by atoms with Crippen LogP contribution in [0.3, 0.4) is 0 Å². The van der Waals surface area contributed by atoms with Crippen molar-refractivity contribution in [2.45, 2.75) is 0 Å². The van der Waals surface area contributed by atoms with E-state index in [1.807, 2.05) is 18.2 Å². The number of benzene rings is 1. The number of rotatable bonds is 2. The Balaban J connectivity index is 2.11. The second-order valence-corrected chi connectivity index (χ2v) is 4.12. The van der Waals surface area contributed by atoms with Crippen molar-refractivity contribution >= 4 is 12.4 Å². The van der Waals surface area contributed by atoms with Crippen molar-refractivity contribution in [1.82, 2.24) is 0 Å². The number of allylic oxidation sites excluding steroid dienone is 1. The Kier molecular flexibility index (Phi) is 6.07. The van der Waals surface area contributed by atoms with Gasteiger partial charge in [-0.05, 0) is 23.8 Å². The van der Waals surface area contributed by atoms with Crippen LogP contribution in [0.4, 0.5) is 0 Å². The summed E-state index contributed by atoms with van der Waals surface area (Å²) in [5.74, 6) is 1.31. The summed E-state index contributed by atoms with van der Waals surface area (Å²) in [5, 5.41) is 0. The molecular formula is C15H18O5. The van der Waals surface area contributed by atoms with E-state index in [1.165, 1.54) is 6.08 Å². The number of fused-ring (bicyclic) bond motifs is 1. The van der Waals surface area contributed by atoms with E-state index >= 15 is 0 Å². The van der Waals surface area contributed by atoms with Gasteiger partial charge in [-0.3, -0.25) is 4.79 Å². The molecule has 0 fully saturated rings. The smallest absolute Gasteiger partial charge is 0.161 e. The first-order valence-electron chi connectivity index (χ1n) is 6.57. The molecule has 0 spiro atoms. The summed E-state index contributed by atoms with van der Waals surface area (Å²) in [7, 11) is 0. The molecular weight excluding hydrogens is 260 g/mol. The fourth-order valence-electron chi connectivity index (χ4n) is 1.75. The summed E-state index contributed by atoms with van der Waals surface area (Å²) in [6, 6.07) is 5.53. The van der Waals surface area contributed by atoms with Gasteiger partial charge in [0.25, 0.3) is 0 Å². The van der Waals surface area contributed by atoms with Crippen LogP contribution < -0.4 is 9.47 Å². The second kappa shape index (κ2) is 8.35. The van der Waals surface area contributed by atoms with Crippen LogP contribution in [0.25, 0.3) is 6.08 Å². The van der Waals surface area contributed by atoms with Crippen molar-refractivity contribution in [3.63, 3.8) is 0 Å². The molecule has 1 aliphatic heterocycles. The highest BCUT2D eigenvalue weighted by Crippen LogP contribution is 2.29. The number of carbonyl (C=O) groups is 1. The molecule has 1 aromatic carbocycles. The molecule has 5 heteroatoms. The highest BCUT2D eigenvalue weighted by atomic mass is 16.6. The lowest BCUT2D eigenvalue weighted by Gasteiger charge is -2.15. The second-order valence-electron chi connectivity index (χ2n) is 4.12. The van der Waals surface area contributed by atoms with Crippen LogP contribution in [-0.4, -0.2) is 45.9 Å². The maximum absolute atomic E-state index is 10.3. The van der Waals surface area contributed by atoms with Crippen LogP contribution >= 0.6 is 0 Å². The van der Waals surface area contributed by atoms with Crippen LogP contribution in [0.2, 0.25) is 0 Å². The average Bonchev–Trinajstić information content (AvgIpc) is 2.46. The minimum atomic E-state index is 0.442. The molecule has 0 aromatic heterocycles. The first-order valence-corrected chi connectivity index (χ1v) is 6.57. The molecule has 1 aliphatic rings. The molecule has 0 atom stereocenters. The van der Waals surface area contributed by atoms with Gasteiger partial charge in [-0.1, -0.05) is 12.1 Å². The largest absolute Gasteiger partial charge is 0.487 e. The molecule has 0 N–H and O–H groups in total. The summed E-state index contributed by atoms with van der Waals surface area (Å²) in [6.07, 6.45) is 3.89. The van der Waals surface area contributed by atoms with Gasteiger partial charge in [0.05, 0.1) is 26.4 Å². The van der Waals surface area contributed by atoms with E-state index in [0.29, 0.717) is 51.1 Å². The summed E-state index contributed by atoms with van der Waals surface area (Å²) in [6.45, 7) is 3.02. The Labute approximate surface area is 118 Å². The third-order valence-electron chi connectivity index (χ3n) is 2.68. The van der Waals surface area contributed by atoms with Gasteiger partial charge in [-0.25, -0.2) is 0 Å². The fraction of sp³-hybridized carbons (Fsp3) is 0.400. The van der Waals surface area contributed by atoms with Crippen molar-refractivity contribution in [3.8, 4) is 11.5 Å². The first kappa shape index (κ1) is 14.6. The molecule has 0 saturated carbocycles. The van der Waals surface area contributed by atoms with E-state index in [1.54, 1.807) is 6.08 Å². The zero-order chi connectivity index (χ0) is 14.0. The van der Waals surface area contributed by atoms with E-state index in [4.69, 9.17) is 18.9 Å². The summed E-state index contributed by atoms with van der Waals surface area (Å²) in [4.78, 5) is 10.3. The van der Waals surface area contributed by atoms with Gasteiger partial charge in [0, 0.05) is 0 Å². The highest BCUT2D eigenvalue weighted by molar-refractivity contribution is 5.74. The molecule has 1 aromatic rings. The van der Waals surface area contributed by atoms with Gasteiger partial charge in [-0.15, -0.1) is 0 Å². The Morgan fingerprint density at radius 1 is 0.850 bits per heavy atom. The molecule has 2 rings (SSSR count). The van der Waals surface area contributed by atoms with Crippen molar-refractivity contribution in [2.75, 3.05) is 39.6 Å². The molecule has 1 heterocycles.